The molecule has 0 saturated heterocycles. The molecule has 43 heavy (non-hydrogen) atoms. The third-order valence-electron chi connectivity index (χ3n) is 7.96. The molecule has 1 aliphatic heterocycles. The van der Waals surface area contributed by atoms with Gasteiger partial charge < -0.3 is 45.2 Å². The summed E-state index contributed by atoms with van der Waals surface area (Å²) in [5.41, 5.74) is -1.09. The van der Waals surface area contributed by atoms with Crippen molar-refractivity contribution in [2.24, 2.45) is 0 Å². The maximum atomic E-state index is 13.7. The van der Waals surface area contributed by atoms with Crippen LogP contribution >= 0.6 is 0 Å². The predicted octanol–water partition coefficient (Wildman–Crippen LogP) is 0.471. The lowest BCUT2D eigenvalue weighted by molar-refractivity contribution is -0.180. The number of aliphatic hydroxyl groups is 3. The Balaban J connectivity index is 1.57. The van der Waals surface area contributed by atoms with Crippen molar-refractivity contribution in [2.75, 3.05) is 13.7 Å². The van der Waals surface area contributed by atoms with E-state index in [0.29, 0.717) is 0 Å². The van der Waals surface area contributed by atoms with Gasteiger partial charge in [0.1, 0.15) is 29.1 Å². The van der Waals surface area contributed by atoms with E-state index < -0.39 is 89.4 Å². The van der Waals surface area contributed by atoms with Crippen LogP contribution in [0.1, 0.15) is 74.4 Å². The number of benzene rings is 2. The highest BCUT2D eigenvalue weighted by Crippen LogP contribution is 2.52. The topological polar surface area (TPSA) is 221 Å². The zero-order chi connectivity index (χ0) is 31.2. The van der Waals surface area contributed by atoms with Crippen LogP contribution in [0.2, 0.25) is 0 Å². The van der Waals surface area contributed by atoms with Crippen LogP contribution < -0.4 is 10.8 Å². The van der Waals surface area contributed by atoms with E-state index in [4.69, 9.17) is 9.47 Å². The Bertz CT molecular complexity index is 1570. The van der Waals surface area contributed by atoms with Gasteiger partial charge in [0.05, 0.1) is 43.5 Å². The molecular formula is C29H30N2O12. The van der Waals surface area contributed by atoms with Crippen molar-refractivity contribution in [2.45, 2.75) is 56.8 Å². The summed E-state index contributed by atoms with van der Waals surface area (Å²) in [5.74, 6) is -4.52. The van der Waals surface area contributed by atoms with Crippen molar-refractivity contribution in [3.05, 3.63) is 69.2 Å². The molecule has 1 amide bonds. The maximum absolute atomic E-state index is 13.7. The summed E-state index contributed by atoms with van der Waals surface area (Å²) in [5, 5.41) is 56.8. The molecule has 3 aliphatic rings. The summed E-state index contributed by atoms with van der Waals surface area (Å²) < 4.78 is 11.5. The highest BCUT2D eigenvalue weighted by molar-refractivity contribution is 6.31. The van der Waals surface area contributed by atoms with Gasteiger partial charge in [-0.2, -0.15) is 5.48 Å². The van der Waals surface area contributed by atoms with E-state index in [9.17, 15) is 44.7 Å². The van der Waals surface area contributed by atoms with Gasteiger partial charge >= 0.3 is 0 Å². The second-order valence-corrected chi connectivity index (χ2v) is 10.6. The van der Waals surface area contributed by atoms with Crippen molar-refractivity contribution < 1.29 is 59.0 Å². The van der Waals surface area contributed by atoms with Crippen LogP contribution in [0, 0.1) is 0 Å². The molecule has 1 heterocycles. The van der Waals surface area contributed by atoms with E-state index in [0.717, 1.165) is 13.2 Å². The van der Waals surface area contributed by atoms with E-state index >= 15 is 0 Å². The lowest BCUT2D eigenvalue weighted by Crippen LogP contribution is -2.47. The average Bonchev–Trinajstić information content (AvgIpc) is 2.97. The van der Waals surface area contributed by atoms with Crippen LogP contribution in [0.3, 0.4) is 0 Å². The second-order valence-electron chi connectivity index (χ2n) is 10.6. The zero-order valence-corrected chi connectivity index (χ0v) is 23.2. The first-order valence-corrected chi connectivity index (χ1v) is 13.3. The van der Waals surface area contributed by atoms with Gasteiger partial charge in [-0.3, -0.25) is 19.2 Å². The molecule has 0 radical (unpaired) electrons. The Morgan fingerprint density at radius 1 is 1.09 bits per heavy atom. The Morgan fingerprint density at radius 3 is 2.49 bits per heavy atom. The van der Waals surface area contributed by atoms with Crippen LogP contribution in [-0.4, -0.2) is 80.4 Å². The summed E-state index contributed by atoms with van der Waals surface area (Å²) in [6.45, 7) is 0.349. The minimum absolute atomic E-state index is 0.0832. The van der Waals surface area contributed by atoms with Crippen molar-refractivity contribution in [1.82, 2.24) is 10.8 Å². The molecule has 0 bridgehead atoms. The molecule has 4 atom stereocenters. The lowest BCUT2D eigenvalue weighted by atomic mass is 9.71. The first kappa shape index (κ1) is 30.1. The van der Waals surface area contributed by atoms with E-state index in [2.05, 4.69) is 15.6 Å². The van der Waals surface area contributed by atoms with E-state index in [1.165, 1.54) is 25.3 Å². The summed E-state index contributed by atoms with van der Waals surface area (Å²) in [6.07, 6.45) is -2.69. The number of carbonyl (C=O) groups excluding carboxylic acids is 4. The zero-order valence-electron chi connectivity index (χ0n) is 23.2. The third kappa shape index (κ3) is 5.13. The third-order valence-corrected chi connectivity index (χ3v) is 7.96. The van der Waals surface area contributed by atoms with Gasteiger partial charge in [-0.25, -0.2) is 0 Å². The maximum Gasteiger partial charge on any atom is 0.236 e. The van der Waals surface area contributed by atoms with Crippen molar-refractivity contribution >= 4 is 23.3 Å². The average molecular weight is 599 g/mol. The molecule has 0 unspecified atom stereocenters. The highest BCUT2D eigenvalue weighted by Gasteiger charge is 2.49. The Kier molecular flexibility index (Phi) is 7.98. The summed E-state index contributed by atoms with van der Waals surface area (Å²) >= 11 is 0. The Labute approximate surface area is 244 Å². The summed E-state index contributed by atoms with van der Waals surface area (Å²) in [4.78, 5) is 56.6. The minimum Gasteiger partial charge on any atom is -0.507 e. The van der Waals surface area contributed by atoms with Crippen molar-refractivity contribution in [3.8, 4) is 11.5 Å². The molecule has 0 fully saturated rings. The molecule has 228 valence electrons. The number of ketones is 3. The number of rotatable bonds is 8. The number of hydrogen-bond donors (Lipinski definition) is 7. The lowest BCUT2D eigenvalue weighted by Gasteiger charge is -2.40. The molecule has 2 aromatic rings. The number of hydrogen-bond acceptors (Lipinski definition) is 13. The van der Waals surface area contributed by atoms with E-state index in [1.54, 1.807) is 0 Å². The molecule has 2 aromatic carbocycles. The molecule has 14 heteroatoms. The first-order valence-electron chi connectivity index (χ1n) is 13.3. The number of Topliss-reactive ketones (excluding diaryl/α,β-unsaturated/α-hetero) is 1. The quantitative estimate of drug-likeness (QED) is 0.139. The number of hydroxylamine groups is 1. The van der Waals surface area contributed by atoms with Crippen LogP contribution in [0.4, 0.5) is 0 Å². The number of amides is 1. The Hall–Kier alpha value is -4.34. The summed E-state index contributed by atoms with van der Waals surface area (Å²) in [7, 11) is 1.32. The standard InChI is InChI=1S/C29H30N2O12/c1-12(33)29(40)7-15-22(18(8-29)43-20-6-16(17(34)11-42-20)31-19(35)9-30-41-2)28(39)24-23(26(15)37)25(36)14-5-3-4-13(10-32)21(14)27(24)38/h3-5,11,16,18,20,30,32,34,37,39-40H,6-10H2,1-2H3,(H,31,35)/t16-,18+,20+,29+/m1/s1. The summed E-state index contributed by atoms with van der Waals surface area (Å²) in [6, 6.07) is 3.31. The minimum atomic E-state index is -2.09. The van der Waals surface area contributed by atoms with Gasteiger partial charge in [0.15, 0.2) is 17.3 Å². The van der Waals surface area contributed by atoms with E-state index in [1.807, 2.05) is 0 Å². The first-order chi connectivity index (χ1) is 20.4. The smallest absolute Gasteiger partial charge is 0.236 e. The SMILES string of the molecule is CONCC(=O)N[C@@H]1C[C@H](O[C@H]2C[C@](O)(C(C)=O)Cc3c(O)c4c(c(O)c32)C(=O)c2c(CO)cccc2C4=O)OC=C1O. The number of aromatic hydroxyl groups is 2. The largest absolute Gasteiger partial charge is 0.507 e. The molecule has 14 nitrogen and oxygen atoms in total. The number of ether oxygens (including phenoxy) is 2. The van der Waals surface area contributed by atoms with Crippen LogP contribution in [0.15, 0.2) is 30.2 Å². The second kappa shape index (κ2) is 11.4. The molecule has 2 aliphatic carbocycles. The number of aliphatic hydroxyl groups excluding tert-OH is 2. The predicted molar refractivity (Wildman–Crippen MR) is 144 cm³/mol. The molecule has 0 spiro atoms. The van der Waals surface area contributed by atoms with Crippen molar-refractivity contribution in [1.29, 1.82) is 0 Å². The van der Waals surface area contributed by atoms with E-state index in [-0.39, 0.29) is 46.5 Å². The van der Waals surface area contributed by atoms with Gasteiger partial charge in [0, 0.05) is 41.5 Å². The molecule has 7 N–H and O–H groups in total. The Morgan fingerprint density at radius 2 is 1.81 bits per heavy atom. The van der Waals surface area contributed by atoms with Crippen LogP contribution in [0.5, 0.6) is 11.5 Å². The highest BCUT2D eigenvalue weighted by atomic mass is 16.7. The van der Waals surface area contributed by atoms with Gasteiger partial charge in [-0.15, -0.1) is 0 Å². The number of nitrogens with one attached hydrogen (secondary N) is 2. The van der Waals surface area contributed by atoms with Gasteiger partial charge in [-0.1, -0.05) is 18.2 Å². The molecular weight excluding hydrogens is 568 g/mol. The number of phenolic OH excluding ortho intramolecular Hbond substituents is 2. The molecule has 5 rings (SSSR count). The number of carbonyl (C=O) groups is 4. The van der Waals surface area contributed by atoms with Gasteiger partial charge in [0.25, 0.3) is 0 Å². The fourth-order valence-corrected chi connectivity index (χ4v) is 5.75. The van der Waals surface area contributed by atoms with Gasteiger partial charge in [-0.05, 0) is 12.5 Å². The van der Waals surface area contributed by atoms with Crippen LogP contribution in [-0.2, 0) is 36.9 Å². The fraction of sp³-hybridized carbons (Fsp3) is 0.379. The number of phenols is 2. The monoisotopic (exact) mass is 598 g/mol. The normalized spacial score (nSPS) is 24.3. The number of fused-ring (bicyclic) bond motifs is 3. The van der Waals surface area contributed by atoms with Crippen LogP contribution in [0.25, 0.3) is 0 Å². The molecule has 0 saturated carbocycles. The fourth-order valence-electron chi connectivity index (χ4n) is 5.75. The molecule has 0 aromatic heterocycles. The van der Waals surface area contributed by atoms with Crippen molar-refractivity contribution in [3.63, 3.8) is 0 Å². The van der Waals surface area contributed by atoms with Gasteiger partial charge in [0.2, 0.25) is 12.2 Å².